The van der Waals surface area contributed by atoms with E-state index in [1.54, 1.807) is 12.4 Å². The predicted molar refractivity (Wildman–Crippen MR) is 61.2 cm³/mol. The zero-order valence-electron chi connectivity index (χ0n) is 9.60. The van der Waals surface area contributed by atoms with E-state index in [0.29, 0.717) is 24.4 Å². The minimum absolute atomic E-state index is 0.516. The van der Waals surface area contributed by atoms with E-state index in [1.165, 1.54) is 4.52 Å². The van der Waals surface area contributed by atoms with Crippen molar-refractivity contribution < 1.29 is 9.90 Å². The third-order valence-corrected chi connectivity index (χ3v) is 3.17. The van der Waals surface area contributed by atoms with Crippen LogP contribution in [0.3, 0.4) is 0 Å². The molecule has 2 aromatic heterocycles. The Morgan fingerprint density at radius 2 is 2.28 bits per heavy atom. The average molecular weight is 248 g/mol. The molecule has 1 atom stereocenters. The van der Waals surface area contributed by atoms with Crippen LogP contribution in [0.1, 0.15) is 19.3 Å². The molecule has 18 heavy (non-hydrogen) atoms. The molecular weight excluding hydrogens is 236 g/mol. The molecule has 1 aliphatic heterocycles. The van der Waals surface area contributed by atoms with E-state index in [9.17, 15) is 9.90 Å². The number of anilines is 1. The molecule has 3 rings (SSSR count). The molecular formula is C10H12N6O2. The highest BCUT2D eigenvalue weighted by atomic mass is 16.4. The monoisotopic (exact) mass is 248 g/mol. The quantitative estimate of drug-likeness (QED) is 0.796. The Hall–Kier alpha value is -2.25. The normalized spacial score (nSPS) is 20.2. The van der Waals surface area contributed by atoms with Crippen LogP contribution in [0, 0.1) is 0 Å². The third-order valence-electron chi connectivity index (χ3n) is 3.17. The summed E-state index contributed by atoms with van der Waals surface area (Å²) in [4.78, 5) is 17.2. The van der Waals surface area contributed by atoms with Crippen molar-refractivity contribution in [2.75, 3.05) is 11.4 Å². The van der Waals surface area contributed by atoms with E-state index in [4.69, 9.17) is 0 Å². The smallest absolute Gasteiger partial charge is 0.326 e. The topological polar surface area (TPSA) is 96.5 Å². The largest absolute Gasteiger partial charge is 0.480 e. The number of hydrogen-bond donors (Lipinski definition) is 1. The van der Waals surface area contributed by atoms with Gasteiger partial charge < -0.3 is 10.0 Å². The summed E-state index contributed by atoms with van der Waals surface area (Å²) < 4.78 is 1.52. The fourth-order valence-electron chi connectivity index (χ4n) is 2.32. The van der Waals surface area contributed by atoms with Gasteiger partial charge in [0.05, 0.1) is 12.4 Å². The second-order valence-corrected chi connectivity index (χ2v) is 4.26. The van der Waals surface area contributed by atoms with Gasteiger partial charge in [0.15, 0.2) is 11.5 Å². The van der Waals surface area contributed by atoms with E-state index in [-0.39, 0.29) is 0 Å². The lowest BCUT2D eigenvalue weighted by Gasteiger charge is -2.34. The molecule has 1 saturated heterocycles. The van der Waals surface area contributed by atoms with Crippen molar-refractivity contribution in [3.63, 3.8) is 0 Å². The number of nitrogens with zero attached hydrogens (tertiary/aromatic N) is 6. The van der Waals surface area contributed by atoms with E-state index in [1.807, 2.05) is 4.90 Å². The summed E-state index contributed by atoms with van der Waals surface area (Å²) in [6.45, 7) is 0.678. The lowest BCUT2D eigenvalue weighted by atomic mass is 10.0. The van der Waals surface area contributed by atoms with Gasteiger partial charge in [0, 0.05) is 6.54 Å². The number of aromatic nitrogens is 5. The first-order valence-electron chi connectivity index (χ1n) is 5.79. The Bertz CT molecular complexity index is 583. The van der Waals surface area contributed by atoms with Crippen molar-refractivity contribution in [2.24, 2.45) is 0 Å². The molecule has 8 heteroatoms. The Morgan fingerprint density at radius 3 is 3.11 bits per heavy atom. The summed E-state index contributed by atoms with van der Waals surface area (Å²) >= 11 is 0. The number of carbonyl (C=O) groups is 1. The maximum atomic E-state index is 11.3. The number of carboxylic acid groups (broad SMARTS) is 1. The molecule has 0 radical (unpaired) electrons. The van der Waals surface area contributed by atoms with Gasteiger partial charge in [-0.05, 0) is 29.7 Å². The summed E-state index contributed by atoms with van der Waals surface area (Å²) in [6.07, 6.45) is 5.66. The molecule has 8 nitrogen and oxygen atoms in total. The van der Waals surface area contributed by atoms with Crippen LogP contribution in [0.15, 0.2) is 12.4 Å². The number of hydrogen-bond acceptors (Lipinski definition) is 6. The van der Waals surface area contributed by atoms with E-state index >= 15 is 0 Å². The van der Waals surface area contributed by atoms with Gasteiger partial charge in [0.1, 0.15) is 6.04 Å². The Morgan fingerprint density at radius 1 is 1.39 bits per heavy atom. The van der Waals surface area contributed by atoms with Gasteiger partial charge in [-0.1, -0.05) is 0 Å². The number of carboxylic acids is 1. The summed E-state index contributed by atoms with van der Waals surface area (Å²) in [5.41, 5.74) is 0.516. The minimum Gasteiger partial charge on any atom is -0.480 e. The molecule has 1 fully saturated rings. The first-order valence-corrected chi connectivity index (χ1v) is 5.79. The van der Waals surface area contributed by atoms with Gasteiger partial charge in [-0.25, -0.2) is 4.79 Å². The van der Waals surface area contributed by atoms with Crippen LogP contribution >= 0.6 is 0 Å². The molecule has 0 aromatic carbocycles. The number of piperidine rings is 1. The van der Waals surface area contributed by atoms with Gasteiger partial charge in [0.2, 0.25) is 0 Å². The van der Waals surface area contributed by atoms with Crippen molar-refractivity contribution in [1.82, 2.24) is 25.0 Å². The van der Waals surface area contributed by atoms with E-state index in [2.05, 4.69) is 20.5 Å². The summed E-state index contributed by atoms with van der Waals surface area (Å²) in [6, 6.07) is -0.532. The van der Waals surface area contributed by atoms with Gasteiger partial charge in [-0.15, -0.1) is 5.10 Å². The lowest BCUT2D eigenvalue weighted by molar-refractivity contribution is -0.139. The highest BCUT2D eigenvalue weighted by Crippen LogP contribution is 2.24. The first-order chi connectivity index (χ1) is 8.77. The highest BCUT2D eigenvalue weighted by Gasteiger charge is 2.30. The third kappa shape index (κ3) is 1.66. The van der Waals surface area contributed by atoms with Crippen molar-refractivity contribution in [3.05, 3.63) is 12.4 Å². The summed E-state index contributed by atoms with van der Waals surface area (Å²) in [5.74, 6) is -0.190. The zero-order valence-corrected chi connectivity index (χ0v) is 9.60. The molecule has 3 heterocycles. The molecule has 1 aliphatic rings. The van der Waals surface area contributed by atoms with Crippen molar-refractivity contribution in [1.29, 1.82) is 0 Å². The van der Waals surface area contributed by atoms with E-state index in [0.717, 1.165) is 12.8 Å². The van der Waals surface area contributed by atoms with Crippen LogP contribution in [0.2, 0.25) is 0 Å². The number of aliphatic carboxylic acids is 1. The predicted octanol–water partition coefficient (Wildman–Crippen LogP) is -0.0372. The highest BCUT2D eigenvalue weighted by molar-refractivity contribution is 5.78. The molecule has 0 bridgehead atoms. The lowest BCUT2D eigenvalue weighted by Crippen LogP contribution is -2.45. The van der Waals surface area contributed by atoms with Gasteiger partial charge in [-0.2, -0.15) is 4.52 Å². The van der Waals surface area contributed by atoms with Crippen LogP contribution < -0.4 is 4.90 Å². The molecule has 1 unspecified atom stereocenters. The molecule has 0 saturated carbocycles. The number of rotatable bonds is 2. The fourth-order valence-corrected chi connectivity index (χ4v) is 2.32. The van der Waals surface area contributed by atoms with Gasteiger partial charge >= 0.3 is 5.97 Å². The molecule has 0 aliphatic carbocycles. The molecule has 1 N–H and O–H groups in total. The SMILES string of the molecule is O=C(O)C1CCCCN1c1cncc2nnnn12. The first kappa shape index (κ1) is 10.9. The standard InChI is InChI=1S/C10H12N6O2/c17-10(18)7-3-1-2-4-15(7)9-6-11-5-8-12-13-14-16(8)9/h5-7H,1-4H2,(H,17,18). The summed E-state index contributed by atoms with van der Waals surface area (Å²) in [7, 11) is 0. The number of fused-ring (bicyclic) bond motifs is 1. The van der Waals surface area contributed by atoms with Crippen LogP contribution in [-0.2, 0) is 4.79 Å². The molecule has 0 amide bonds. The van der Waals surface area contributed by atoms with Crippen LogP contribution in [0.25, 0.3) is 5.65 Å². The number of tetrazole rings is 1. The maximum absolute atomic E-state index is 11.3. The van der Waals surface area contributed by atoms with Gasteiger partial charge in [0.25, 0.3) is 0 Å². The van der Waals surface area contributed by atoms with Crippen molar-refractivity contribution in [2.45, 2.75) is 25.3 Å². The Balaban J connectivity index is 2.06. The van der Waals surface area contributed by atoms with Gasteiger partial charge in [-0.3, -0.25) is 4.98 Å². The zero-order chi connectivity index (χ0) is 12.5. The van der Waals surface area contributed by atoms with Crippen LogP contribution in [0.5, 0.6) is 0 Å². The average Bonchev–Trinajstić information content (AvgIpc) is 2.86. The Labute approximate surface area is 102 Å². The van der Waals surface area contributed by atoms with Crippen LogP contribution in [0.4, 0.5) is 5.82 Å². The molecule has 2 aromatic rings. The van der Waals surface area contributed by atoms with Crippen LogP contribution in [-0.4, -0.2) is 48.7 Å². The summed E-state index contributed by atoms with van der Waals surface area (Å²) in [5, 5.41) is 20.5. The maximum Gasteiger partial charge on any atom is 0.326 e. The second-order valence-electron chi connectivity index (χ2n) is 4.26. The molecule has 0 spiro atoms. The van der Waals surface area contributed by atoms with Crippen molar-refractivity contribution in [3.8, 4) is 0 Å². The fraction of sp³-hybridized carbons (Fsp3) is 0.500. The van der Waals surface area contributed by atoms with E-state index < -0.39 is 12.0 Å². The second kappa shape index (κ2) is 4.21. The molecule has 94 valence electrons. The minimum atomic E-state index is -0.820. The Kier molecular flexibility index (Phi) is 2.54. The van der Waals surface area contributed by atoms with Crippen molar-refractivity contribution >= 4 is 17.4 Å².